The fraction of sp³-hybridized carbons (Fsp3) is 0.615. The first-order valence-electron chi connectivity index (χ1n) is 6.51. The van der Waals surface area contributed by atoms with Crippen molar-refractivity contribution in [2.24, 2.45) is 0 Å². The third kappa shape index (κ3) is 3.64. The Morgan fingerprint density at radius 1 is 1.37 bits per heavy atom. The predicted molar refractivity (Wildman–Crippen MR) is 72.0 cm³/mol. The average molecular weight is 264 g/mol. The van der Waals surface area contributed by atoms with Gasteiger partial charge in [-0.3, -0.25) is 4.79 Å². The Labute approximate surface area is 113 Å². The topological polar surface area (TPSA) is 67.4 Å². The molecule has 0 radical (unpaired) electrons. The predicted octanol–water partition coefficient (Wildman–Crippen LogP) is 0.753. The fourth-order valence-corrected chi connectivity index (χ4v) is 2.13. The molecule has 1 saturated heterocycles. The fourth-order valence-electron chi connectivity index (χ4n) is 2.13. The Kier molecular flexibility index (Phi) is 4.31. The number of ether oxygens (including phenoxy) is 1. The Hall–Kier alpha value is -1.69. The van der Waals surface area contributed by atoms with Crippen LogP contribution in [0.25, 0.3) is 0 Å². The summed E-state index contributed by atoms with van der Waals surface area (Å²) < 4.78 is 5.24. The van der Waals surface area contributed by atoms with Crippen molar-refractivity contribution in [2.45, 2.75) is 26.8 Å². The van der Waals surface area contributed by atoms with Gasteiger partial charge in [-0.25, -0.2) is 9.97 Å². The molecule has 19 heavy (non-hydrogen) atoms. The molecule has 2 rings (SSSR count). The molecule has 1 atom stereocenters. The van der Waals surface area contributed by atoms with E-state index in [-0.39, 0.29) is 11.9 Å². The Balaban J connectivity index is 1.99. The van der Waals surface area contributed by atoms with Crippen LogP contribution < -0.4 is 5.32 Å². The SMILES string of the molecule is Cc1cc(NC(C)C(=O)N2CCOCC2)nc(C)n1. The largest absolute Gasteiger partial charge is 0.378 e. The standard InChI is InChI=1S/C13H20N4O2/c1-9-8-12(16-11(3)14-9)15-10(2)13(18)17-4-6-19-7-5-17/h8,10H,4-7H2,1-3H3,(H,14,15,16). The second-order valence-electron chi connectivity index (χ2n) is 4.75. The molecule has 2 heterocycles. The second kappa shape index (κ2) is 5.97. The summed E-state index contributed by atoms with van der Waals surface area (Å²) in [5.41, 5.74) is 0.890. The van der Waals surface area contributed by atoms with Gasteiger partial charge >= 0.3 is 0 Å². The van der Waals surface area contributed by atoms with E-state index in [0.29, 0.717) is 37.9 Å². The van der Waals surface area contributed by atoms with Crippen molar-refractivity contribution in [2.75, 3.05) is 31.6 Å². The van der Waals surface area contributed by atoms with Gasteiger partial charge in [0.05, 0.1) is 13.2 Å². The summed E-state index contributed by atoms with van der Waals surface area (Å²) >= 11 is 0. The zero-order valence-corrected chi connectivity index (χ0v) is 11.6. The molecule has 6 nitrogen and oxygen atoms in total. The van der Waals surface area contributed by atoms with Crippen LogP contribution in [0.4, 0.5) is 5.82 Å². The minimum atomic E-state index is -0.299. The highest BCUT2D eigenvalue weighted by molar-refractivity contribution is 5.84. The zero-order chi connectivity index (χ0) is 13.8. The molecule has 0 aromatic carbocycles. The molecular formula is C13H20N4O2. The van der Waals surface area contributed by atoms with Crippen LogP contribution in [0.5, 0.6) is 0 Å². The first kappa shape index (κ1) is 13.7. The lowest BCUT2D eigenvalue weighted by atomic mass is 10.2. The normalized spacial score (nSPS) is 17.1. The molecule has 1 unspecified atom stereocenters. The quantitative estimate of drug-likeness (QED) is 0.872. The van der Waals surface area contributed by atoms with Gasteiger partial charge in [-0.2, -0.15) is 0 Å². The lowest BCUT2D eigenvalue weighted by Gasteiger charge is -2.29. The molecule has 6 heteroatoms. The van der Waals surface area contributed by atoms with E-state index in [1.165, 1.54) is 0 Å². The van der Waals surface area contributed by atoms with Gasteiger partial charge in [0.15, 0.2) is 0 Å². The lowest BCUT2D eigenvalue weighted by Crippen LogP contribution is -2.47. The van der Waals surface area contributed by atoms with Crippen molar-refractivity contribution in [3.8, 4) is 0 Å². The summed E-state index contributed by atoms with van der Waals surface area (Å²) in [7, 11) is 0. The van der Waals surface area contributed by atoms with Gasteiger partial charge in [-0.1, -0.05) is 0 Å². The van der Waals surface area contributed by atoms with Gasteiger partial charge in [-0.05, 0) is 20.8 Å². The zero-order valence-electron chi connectivity index (χ0n) is 11.6. The number of morpholine rings is 1. The summed E-state index contributed by atoms with van der Waals surface area (Å²) in [6, 6.07) is 1.54. The highest BCUT2D eigenvalue weighted by Gasteiger charge is 2.22. The van der Waals surface area contributed by atoms with Crippen LogP contribution in [-0.2, 0) is 9.53 Å². The first-order valence-corrected chi connectivity index (χ1v) is 6.51. The monoisotopic (exact) mass is 264 g/mol. The molecule has 1 amide bonds. The van der Waals surface area contributed by atoms with E-state index >= 15 is 0 Å². The molecule has 0 bridgehead atoms. The molecule has 1 N–H and O–H groups in total. The summed E-state index contributed by atoms with van der Waals surface area (Å²) in [6.45, 7) is 8.15. The van der Waals surface area contributed by atoms with Crippen LogP contribution in [0, 0.1) is 13.8 Å². The summed E-state index contributed by atoms with van der Waals surface area (Å²) in [6.07, 6.45) is 0. The number of hydrogen-bond donors (Lipinski definition) is 1. The number of hydrogen-bond acceptors (Lipinski definition) is 5. The first-order chi connectivity index (χ1) is 9.06. The number of rotatable bonds is 3. The summed E-state index contributed by atoms with van der Waals surface area (Å²) in [5, 5.41) is 3.14. The number of anilines is 1. The van der Waals surface area contributed by atoms with Gasteiger partial charge in [0, 0.05) is 24.8 Å². The van der Waals surface area contributed by atoms with E-state index in [4.69, 9.17) is 4.74 Å². The van der Waals surface area contributed by atoms with Crippen molar-refractivity contribution < 1.29 is 9.53 Å². The van der Waals surface area contributed by atoms with Gasteiger partial charge in [-0.15, -0.1) is 0 Å². The third-order valence-electron chi connectivity index (χ3n) is 3.02. The molecule has 1 aromatic rings. The van der Waals surface area contributed by atoms with Gasteiger partial charge in [0.2, 0.25) is 5.91 Å². The number of nitrogens with one attached hydrogen (secondary N) is 1. The smallest absolute Gasteiger partial charge is 0.244 e. The van der Waals surface area contributed by atoms with Crippen LogP contribution >= 0.6 is 0 Å². The van der Waals surface area contributed by atoms with Crippen molar-refractivity contribution in [3.63, 3.8) is 0 Å². The second-order valence-corrected chi connectivity index (χ2v) is 4.75. The van der Waals surface area contributed by atoms with E-state index in [1.807, 2.05) is 31.7 Å². The van der Waals surface area contributed by atoms with Crippen molar-refractivity contribution >= 4 is 11.7 Å². The van der Waals surface area contributed by atoms with Crippen LogP contribution in [0.1, 0.15) is 18.4 Å². The summed E-state index contributed by atoms with van der Waals surface area (Å²) in [5.74, 6) is 1.48. The van der Waals surface area contributed by atoms with E-state index in [0.717, 1.165) is 5.69 Å². The Morgan fingerprint density at radius 3 is 2.68 bits per heavy atom. The molecule has 1 fully saturated rings. The number of carbonyl (C=O) groups is 1. The van der Waals surface area contributed by atoms with E-state index in [2.05, 4.69) is 15.3 Å². The number of nitrogens with zero attached hydrogens (tertiary/aromatic N) is 3. The Morgan fingerprint density at radius 2 is 2.05 bits per heavy atom. The lowest BCUT2D eigenvalue weighted by molar-refractivity contribution is -0.135. The van der Waals surface area contributed by atoms with Gasteiger partial charge in [0.25, 0.3) is 0 Å². The molecule has 0 saturated carbocycles. The molecule has 1 aromatic heterocycles. The molecule has 0 spiro atoms. The molecular weight excluding hydrogens is 244 g/mol. The number of aromatic nitrogens is 2. The molecule has 1 aliphatic rings. The van der Waals surface area contributed by atoms with Gasteiger partial charge in [0.1, 0.15) is 17.7 Å². The van der Waals surface area contributed by atoms with Gasteiger partial charge < -0.3 is 15.0 Å². The van der Waals surface area contributed by atoms with Crippen LogP contribution in [0.3, 0.4) is 0 Å². The minimum Gasteiger partial charge on any atom is -0.378 e. The van der Waals surface area contributed by atoms with E-state index in [1.54, 1.807) is 0 Å². The number of amides is 1. The van der Waals surface area contributed by atoms with Crippen molar-refractivity contribution in [1.29, 1.82) is 0 Å². The highest BCUT2D eigenvalue weighted by atomic mass is 16.5. The molecule has 104 valence electrons. The summed E-state index contributed by atoms with van der Waals surface area (Å²) in [4.78, 5) is 22.6. The van der Waals surface area contributed by atoms with E-state index in [9.17, 15) is 4.79 Å². The maximum Gasteiger partial charge on any atom is 0.244 e. The highest BCUT2D eigenvalue weighted by Crippen LogP contribution is 2.09. The van der Waals surface area contributed by atoms with Crippen LogP contribution in [0.2, 0.25) is 0 Å². The maximum absolute atomic E-state index is 12.2. The molecule has 1 aliphatic heterocycles. The van der Waals surface area contributed by atoms with E-state index < -0.39 is 0 Å². The average Bonchev–Trinajstić information content (AvgIpc) is 2.37. The minimum absolute atomic E-state index is 0.0808. The third-order valence-corrected chi connectivity index (χ3v) is 3.02. The van der Waals surface area contributed by atoms with Crippen LogP contribution in [-0.4, -0.2) is 53.1 Å². The van der Waals surface area contributed by atoms with Crippen molar-refractivity contribution in [1.82, 2.24) is 14.9 Å². The Bertz CT molecular complexity index is 438. The number of aryl methyl sites for hydroxylation is 2. The maximum atomic E-state index is 12.2. The van der Waals surface area contributed by atoms with Crippen LogP contribution in [0.15, 0.2) is 6.07 Å². The van der Waals surface area contributed by atoms with Crippen molar-refractivity contribution in [3.05, 3.63) is 17.6 Å². The molecule has 0 aliphatic carbocycles. The number of carbonyl (C=O) groups excluding carboxylic acids is 1.